The number of anilines is 1. The number of Topliss-reactive ketones (excluding diaryl/α,β-unsaturated/α-hetero) is 1. The summed E-state index contributed by atoms with van der Waals surface area (Å²) in [4.78, 5) is 32.5. The van der Waals surface area contributed by atoms with Gasteiger partial charge >= 0.3 is 0 Å². The Bertz CT molecular complexity index is 981. The van der Waals surface area contributed by atoms with Crippen molar-refractivity contribution in [2.75, 3.05) is 4.90 Å². The first-order chi connectivity index (χ1) is 13.2. The highest BCUT2D eigenvalue weighted by atomic mass is 79.9. The maximum Gasteiger partial charge on any atom is 0.233 e. The number of allylic oxidation sites excluding steroid dienone is 2. The molecule has 0 fully saturated rings. The van der Waals surface area contributed by atoms with Gasteiger partial charge in [0.15, 0.2) is 5.78 Å². The van der Waals surface area contributed by atoms with Gasteiger partial charge in [0.05, 0.1) is 0 Å². The van der Waals surface area contributed by atoms with Gasteiger partial charge in [0, 0.05) is 45.7 Å². The molecule has 6 heteroatoms. The highest BCUT2D eigenvalue weighted by Gasteiger charge is 2.44. The molecule has 144 valence electrons. The Morgan fingerprint density at radius 1 is 1.11 bits per heavy atom. The molecular formula is C22H20BrClN2O2. The molecule has 1 unspecified atom stereocenters. The van der Waals surface area contributed by atoms with Crippen molar-refractivity contribution in [2.45, 2.75) is 39.0 Å². The highest BCUT2D eigenvalue weighted by Crippen LogP contribution is 2.47. The number of rotatable bonds is 2. The van der Waals surface area contributed by atoms with Crippen LogP contribution in [0.3, 0.4) is 0 Å². The lowest BCUT2D eigenvalue weighted by molar-refractivity contribution is -0.121. The lowest BCUT2D eigenvalue weighted by Gasteiger charge is -2.42. The van der Waals surface area contributed by atoms with Crippen LogP contribution in [-0.4, -0.2) is 16.7 Å². The lowest BCUT2D eigenvalue weighted by Crippen LogP contribution is -2.44. The molecule has 0 N–H and O–H groups in total. The minimum Gasteiger partial charge on any atom is -0.294 e. The van der Waals surface area contributed by atoms with E-state index < -0.39 is 0 Å². The molecule has 28 heavy (non-hydrogen) atoms. The number of amides is 1. The van der Waals surface area contributed by atoms with Gasteiger partial charge in [0.2, 0.25) is 5.91 Å². The van der Waals surface area contributed by atoms with Gasteiger partial charge in [-0.1, -0.05) is 37.6 Å². The van der Waals surface area contributed by atoms with Crippen LogP contribution in [0.15, 0.2) is 58.3 Å². The van der Waals surface area contributed by atoms with Crippen molar-refractivity contribution in [2.24, 2.45) is 5.41 Å². The Balaban J connectivity index is 1.88. The number of ketones is 1. The van der Waals surface area contributed by atoms with E-state index in [1.165, 1.54) is 0 Å². The third-order valence-corrected chi connectivity index (χ3v) is 6.08. The molecule has 0 bridgehead atoms. The maximum absolute atomic E-state index is 13.2. The molecule has 0 saturated heterocycles. The summed E-state index contributed by atoms with van der Waals surface area (Å²) in [6.07, 6.45) is 3.04. The van der Waals surface area contributed by atoms with Crippen LogP contribution in [0, 0.1) is 5.41 Å². The quantitative estimate of drug-likeness (QED) is 0.582. The van der Waals surface area contributed by atoms with Gasteiger partial charge in [0.1, 0.15) is 5.82 Å². The smallest absolute Gasteiger partial charge is 0.233 e. The topological polar surface area (TPSA) is 50.3 Å². The Hall–Kier alpha value is -1.98. The first-order valence-electron chi connectivity index (χ1n) is 9.21. The van der Waals surface area contributed by atoms with Crippen LogP contribution < -0.4 is 4.90 Å². The number of halogens is 2. The molecule has 2 aromatic rings. The van der Waals surface area contributed by atoms with Gasteiger partial charge in [-0.2, -0.15) is 0 Å². The van der Waals surface area contributed by atoms with E-state index in [-0.39, 0.29) is 29.4 Å². The van der Waals surface area contributed by atoms with E-state index in [1.54, 1.807) is 17.2 Å². The number of pyridine rings is 1. The molecule has 4 nitrogen and oxygen atoms in total. The SMILES string of the molecule is CC1(C)CC(=O)C2=C(C1)N(c1ccc(Br)cn1)C(=O)CC2c1ccc(Cl)cc1. The number of carbonyl (C=O) groups is 2. The fourth-order valence-corrected chi connectivity index (χ4v) is 4.52. The summed E-state index contributed by atoms with van der Waals surface area (Å²) in [7, 11) is 0. The van der Waals surface area contributed by atoms with Crippen molar-refractivity contribution in [3.63, 3.8) is 0 Å². The molecule has 4 rings (SSSR count). The molecule has 1 atom stereocenters. The lowest BCUT2D eigenvalue weighted by atomic mass is 9.69. The Labute approximate surface area is 177 Å². The van der Waals surface area contributed by atoms with E-state index in [0.717, 1.165) is 21.3 Å². The van der Waals surface area contributed by atoms with E-state index in [1.807, 2.05) is 30.3 Å². The molecule has 1 aliphatic heterocycles. The van der Waals surface area contributed by atoms with E-state index in [9.17, 15) is 9.59 Å². The van der Waals surface area contributed by atoms with Crippen molar-refractivity contribution < 1.29 is 9.59 Å². The first kappa shape index (κ1) is 19.3. The van der Waals surface area contributed by atoms with Gasteiger partial charge in [-0.15, -0.1) is 0 Å². The number of hydrogen-bond acceptors (Lipinski definition) is 3. The van der Waals surface area contributed by atoms with Crippen molar-refractivity contribution in [3.8, 4) is 0 Å². The number of aromatic nitrogens is 1. The monoisotopic (exact) mass is 458 g/mol. The third-order valence-electron chi connectivity index (χ3n) is 5.36. The predicted octanol–water partition coefficient (Wildman–Crippen LogP) is 5.66. The summed E-state index contributed by atoms with van der Waals surface area (Å²) in [5.41, 5.74) is 2.27. The standard InChI is InChI=1S/C22H20BrClN2O2/c1-22(2)10-17-21(18(27)11-22)16(13-3-6-15(24)7-4-13)9-20(28)26(17)19-8-5-14(23)12-25-19/h3-8,12,16H,9-11H2,1-2H3. The van der Waals surface area contributed by atoms with Crippen LogP contribution in [0.2, 0.25) is 5.02 Å². The molecule has 2 aliphatic rings. The number of nitrogens with zero attached hydrogens (tertiary/aromatic N) is 2. The van der Waals surface area contributed by atoms with Crippen LogP contribution in [0.1, 0.15) is 44.6 Å². The molecular weight excluding hydrogens is 440 g/mol. The first-order valence-corrected chi connectivity index (χ1v) is 10.4. The second-order valence-electron chi connectivity index (χ2n) is 8.17. The van der Waals surface area contributed by atoms with Crippen LogP contribution in [0.25, 0.3) is 0 Å². The average Bonchev–Trinajstić information content (AvgIpc) is 2.62. The van der Waals surface area contributed by atoms with Crippen LogP contribution in [0.4, 0.5) is 5.82 Å². The van der Waals surface area contributed by atoms with Crippen molar-refractivity contribution >= 4 is 45.0 Å². The normalized spacial score (nSPS) is 21.7. The second kappa shape index (κ2) is 7.12. The van der Waals surface area contributed by atoms with Crippen LogP contribution in [0.5, 0.6) is 0 Å². The molecule has 2 heterocycles. The highest BCUT2D eigenvalue weighted by molar-refractivity contribution is 9.10. The molecule has 0 saturated carbocycles. The van der Waals surface area contributed by atoms with Gasteiger partial charge in [-0.25, -0.2) is 4.98 Å². The fraction of sp³-hybridized carbons (Fsp3) is 0.318. The predicted molar refractivity (Wildman–Crippen MR) is 113 cm³/mol. The van der Waals surface area contributed by atoms with Gasteiger partial charge < -0.3 is 0 Å². The van der Waals surface area contributed by atoms with Crippen molar-refractivity contribution in [1.82, 2.24) is 4.98 Å². The van der Waals surface area contributed by atoms with E-state index in [4.69, 9.17) is 11.6 Å². The molecule has 0 radical (unpaired) electrons. The van der Waals surface area contributed by atoms with Gasteiger partial charge in [0.25, 0.3) is 0 Å². The molecule has 1 aromatic heterocycles. The van der Waals surface area contributed by atoms with E-state index in [0.29, 0.717) is 23.7 Å². The summed E-state index contributed by atoms with van der Waals surface area (Å²) >= 11 is 9.42. The summed E-state index contributed by atoms with van der Waals surface area (Å²) in [5.74, 6) is 0.385. The summed E-state index contributed by atoms with van der Waals surface area (Å²) < 4.78 is 0.842. The zero-order valence-corrected chi connectivity index (χ0v) is 18.0. The maximum atomic E-state index is 13.2. The number of benzene rings is 1. The zero-order valence-electron chi connectivity index (χ0n) is 15.7. The second-order valence-corrected chi connectivity index (χ2v) is 9.53. The minimum atomic E-state index is -0.241. The molecule has 1 aromatic carbocycles. The zero-order chi connectivity index (χ0) is 20.1. The van der Waals surface area contributed by atoms with Gasteiger partial charge in [-0.3, -0.25) is 14.5 Å². The third kappa shape index (κ3) is 3.53. The molecule has 0 spiro atoms. The van der Waals surface area contributed by atoms with Crippen LogP contribution >= 0.6 is 27.5 Å². The largest absolute Gasteiger partial charge is 0.294 e. The Morgan fingerprint density at radius 3 is 2.46 bits per heavy atom. The molecule has 1 amide bonds. The summed E-state index contributed by atoms with van der Waals surface area (Å²) in [6, 6.07) is 11.1. The molecule has 1 aliphatic carbocycles. The number of carbonyl (C=O) groups excluding carboxylic acids is 2. The summed E-state index contributed by atoms with van der Waals surface area (Å²) in [6.45, 7) is 4.14. The Morgan fingerprint density at radius 2 is 1.82 bits per heavy atom. The minimum absolute atomic E-state index is 0.0426. The Kier molecular flexibility index (Phi) is 4.92. The van der Waals surface area contributed by atoms with Crippen molar-refractivity contribution in [1.29, 1.82) is 0 Å². The summed E-state index contributed by atoms with van der Waals surface area (Å²) in [5, 5.41) is 0.636. The van der Waals surface area contributed by atoms with Crippen LogP contribution in [-0.2, 0) is 9.59 Å². The van der Waals surface area contributed by atoms with Crippen molar-refractivity contribution in [3.05, 3.63) is 68.9 Å². The fourth-order valence-electron chi connectivity index (χ4n) is 4.16. The number of hydrogen-bond donors (Lipinski definition) is 0. The average molecular weight is 460 g/mol. The van der Waals surface area contributed by atoms with Gasteiger partial charge in [-0.05, 0) is 57.6 Å². The van der Waals surface area contributed by atoms with E-state index in [2.05, 4.69) is 34.8 Å². The van der Waals surface area contributed by atoms with E-state index >= 15 is 0 Å².